The lowest BCUT2D eigenvalue weighted by Gasteiger charge is -2.39. The van der Waals surface area contributed by atoms with Crippen LogP contribution in [0.2, 0.25) is 0 Å². The summed E-state index contributed by atoms with van der Waals surface area (Å²) in [5.41, 5.74) is 2.40. The second-order valence-electron chi connectivity index (χ2n) is 6.47. The monoisotopic (exact) mass is 346 g/mol. The molecule has 3 heterocycles. The maximum atomic E-state index is 12.1. The topological polar surface area (TPSA) is 65.6 Å². The van der Waals surface area contributed by atoms with Gasteiger partial charge in [0.1, 0.15) is 6.04 Å². The normalized spacial score (nSPS) is 30.2. The maximum Gasteiger partial charge on any atom is 0.245 e. The van der Waals surface area contributed by atoms with E-state index in [0.717, 1.165) is 32.7 Å². The van der Waals surface area contributed by atoms with E-state index >= 15 is 0 Å². The van der Waals surface area contributed by atoms with Crippen molar-refractivity contribution in [2.45, 2.75) is 31.2 Å². The lowest BCUT2D eigenvalue weighted by Crippen LogP contribution is -2.63. The zero-order valence-corrected chi connectivity index (χ0v) is 14.3. The number of benzene rings is 1. The molecule has 1 aromatic carbocycles. The SMILES string of the molecule is O=C1NC(=S)N(Cc2ccccc2[C@H]2CNCCO2)C2CCNC12. The number of morpholine rings is 1. The number of carbonyl (C=O) groups is 1. The van der Waals surface area contributed by atoms with Gasteiger partial charge in [0.15, 0.2) is 5.11 Å². The molecule has 4 rings (SSSR count). The first kappa shape index (κ1) is 16.0. The van der Waals surface area contributed by atoms with Crippen LogP contribution in [0.15, 0.2) is 24.3 Å². The molecule has 3 N–H and O–H groups in total. The van der Waals surface area contributed by atoms with Crippen LogP contribution in [-0.4, -0.2) is 54.2 Å². The molecular weight excluding hydrogens is 324 g/mol. The summed E-state index contributed by atoms with van der Waals surface area (Å²) in [6.07, 6.45) is 1.00. The van der Waals surface area contributed by atoms with Gasteiger partial charge >= 0.3 is 0 Å². The van der Waals surface area contributed by atoms with Gasteiger partial charge in [0, 0.05) is 19.6 Å². The van der Waals surface area contributed by atoms with Gasteiger partial charge in [-0.2, -0.15) is 0 Å². The third-order valence-corrected chi connectivity index (χ3v) is 5.37. The highest BCUT2D eigenvalue weighted by Gasteiger charge is 2.42. The molecule has 3 fully saturated rings. The molecule has 0 aliphatic carbocycles. The number of nitrogens with zero attached hydrogens (tertiary/aromatic N) is 1. The highest BCUT2D eigenvalue weighted by atomic mass is 32.1. The molecule has 0 bridgehead atoms. The number of fused-ring (bicyclic) bond motifs is 1. The van der Waals surface area contributed by atoms with Crippen LogP contribution in [0.3, 0.4) is 0 Å². The molecule has 7 heteroatoms. The van der Waals surface area contributed by atoms with Gasteiger partial charge in [0.05, 0.1) is 18.8 Å². The van der Waals surface area contributed by atoms with Gasteiger partial charge in [-0.3, -0.25) is 4.79 Å². The highest BCUT2D eigenvalue weighted by Crippen LogP contribution is 2.27. The first-order chi connectivity index (χ1) is 11.7. The molecule has 1 amide bonds. The summed E-state index contributed by atoms with van der Waals surface area (Å²) in [4.78, 5) is 14.2. The Labute approximate surface area is 146 Å². The predicted octanol–water partition coefficient (Wildman–Crippen LogP) is 0.295. The van der Waals surface area contributed by atoms with Crippen molar-refractivity contribution in [3.8, 4) is 0 Å². The molecule has 2 unspecified atom stereocenters. The first-order valence-electron chi connectivity index (χ1n) is 8.49. The molecular formula is C17H22N4O2S. The van der Waals surface area contributed by atoms with E-state index in [1.807, 2.05) is 12.1 Å². The Kier molecular flexibility index (Phi) is 4.49. The molecule has 1 aromatic rings. The molecule has 0 spiro atoms. The van der Waals surface area contributed by atoms with Crippen molar-refractivity contribution < 1.29 is 9.53 Å². The Balaban J connectivity index is 1.58. The lowest BCUT2D eigenvalue weighted by atomic mass is 9.98. The van der Waals surface area contributed by atoms with Gasteiger partial charge in [-0.15, -0.1) is 0 Å². The molecule has 3 saturated heterocycles. The molecule has 0 aromatic heterocycles. The van der Waals surface area contributed by atoms with Gasteiger partial charge in [0.25, 0.3) is 0 Å². The van der Waals surface area contributed by atoms with Gasteiger partial charge in [-0.05, 0) is 36.3 Å². The third kappa shape index (κ3) is 2.93. The van der Waals surface area contributed by atoms with E-state index in [-0.39, 0.29) is 24.1 Å². The van der Waals surface area contributed by atoms with E-state index in [0.29, 0.717) is 11.7 Å². The van der Waals surface area contributed by atoms with Crippen LogP contribution in [-0.2, 0) is 16.1 Å². The predicted molar refractivity (Wildman–Crippen MR) is 94.5 cm³/mol. The average Bonchev–Trinajstić information content (AvgIpc) is 3.10. The van der Waals surface area contributed by atoms with Crippen LogP contribution in [0.25, 0.3) is 0 Å². The fraction of sp³-hybridized carbons (Fsp3) is 0.529. The fourth-order valence-corrected chi connectivity index (χ4v) is 4.13. The minimum absolute atomic E-state index is 0.00755. The Morgan fingerprint density at radius 1 is 1.29 bits per heavy atom. The summed E-state index contributed by atoms with van der Waals surface area (Å²) in [5.74, 6) is -0.00755. The minimum Gasteiger partial charge on any atom is -0.371 e. The van der Waals surface area contributed by atoms with Gasteiger partial charge in [-0.1, -0.05) is 24.3 Å². The number of amides is 1. The van der Waals surface area contributed by atoms with E-state index in [2.05, 4.69) is 33.0 Å². The number of ether oxygens (including phenoxy) is 1. The van der Waals surface area contributed by atoms with Crippen molar-refractivity contribution in [2.75, 3.05) is 26.2 Å². The second kappa shape index (κ2) is 6.76. The Hall–Kier alpha value is -1.54. The summed E-state index contributed by atoms with van der Waals surface area (Å²) < 4.78 is 5.93. The Morgan fingerprint density at radius 2 is 2.17 bits per heavy atom. The zero-order chi connectivity index (χ0) is 16.5. The fourth-order valence-electron chi connectivity index (χ4n) is 3.83. The summed E-state index contributed by atoms with van der Waals surface area (Å²) in [5, 5.41) is 10.0. The van der Waals surface area contributed by atoms with Crippen LogP contribution < -0.4 is 16.0 Å². The van der Waals surface area contributed by atoms with E-state index in [1.165, 1.54) is 11.1 Å². The molecule has 128 valence electrons. The smallest absolute Gasteiger partial charge is 0.245 e. The number of thiocarbonyl (C=S) groups is 1. The standard InChI is InChI=1S/C17H22N4O2S/c22-16-15-13(5-6-19-15)21(17(24)20-16)10-11-3-1-2-4-12(11)14-9-18-7-8-23-14/h1-4,13-15,18-19H,5-10H2,(H,20,22,24)/t13?,14-,15?/m1/s1. The number of nitrogens with one attached hydrogen (secondary N) is 3. The minimum atomic E-state index is -0.170. The second-order valence-corrected chi connectivity index (χ2v) is 6.86. The third-order valence-electron chi connectivity index (χ3n) is 5.03. The van der Waals surface area contributed by atoms with E-state index < -0.39 is 0 Å². The van der Waals surface area contributed by atoms with Crippen LogP contribution in [0.4, 0.5) is 0 Å². The quantitative estimate of drug-likeness (QED) is 0.684. The summed E-state index contributed by atoms with van der Waals surface area (Å²) in [6.45, 7) is 3.99. The molecule has 3 aliphatic rings. The van der Waals surface area contributed by atoms with Crippen LogP contribution in [0, 0.1) is 0 Å². The summed E-state index contributed by atoms with van der Waals surface area (Å²) in [7, 11) is 0. The van der Waals surface area contributed by atoms with Crippen molar-refractivity contribution in [3.05, 3.63) is 35.4 Å². The summed E-state index contributed by atoms with van der Waals surface area (Å²) in [6, 6.07) is 8.31. The number of hydrogen-bond acceptors (Lipinski definition) is 5. The summed E-state index contributed by atoms with van der Waals surface area (Å²) >= 11 is 5.45. The van der Waals surface area contributed by atoms with E-state index in [1.54, 1.807) is 0 Å². The van der Waals surface area contributed by atoms with Gasteiger partial charge in [0.2, 0.25) is 5.91 Å². The van der Waals surface area contributed by atoms with Crippen molar-refractivity contribution in [2.24, 2.45) is 0 Å². The molecule has 3 aliphatic heterocycles. The van der Waals surface area contributed by atoms with Gasteiger partial charge < -0.3 is 25.6 Å². The maximum absolute atomic E-state index is 12.1. The van der Waals surface area contributed by atoms with Crippen LogP contribution in [0.1, 0.15) is 23.7 Å². The van der Waals surface area contributed by atoms with Crippen molar-refractivity contribution >= 4 is 23.2 Å². The van der Waals surface area contributed by atoms with Crippen LogP contribution in [0.5, 0.6) is 0 Å². The van der Waals surface area contributed by atoms with Crippen molar-refractivity contribution in [3.63, 3.8) is 0 Å². The van der Waals surface area contributed by atoms with Crippen molar-refractivity contribution in [1.82, 2.24) is 20.9 Å². The average molecular weight is 346 g/mol. The highest BCUT2D eigenvalue weighted by molar-refractivity contribution is 7.80. The first-order valence-corrected chi connectivity index (χ1v) is 8.90. The van der Waals surface area contributed by atoms with Crippen LogP contribution >= 0.6 is 12.2 Å². The largest absolute Gasteiger partial charge is 0.371 e. The number of carbonyl (C=O) groups excluding carboxylic acids is 1. The molecule has 3 atom stereocenters. The van der Waals surface area contributed by atoms with E-state index in [9.17, 15) is 4.79 Å². The number of hydrogen-bond donors (Lipinski definition) is 3. The lowest BCUT2D eigenvalue weighted by molar-refractivity contribution is -0.123. The molecule has 24 heavy (non-hydrogen) atoms. The van der Waals surface area contributed by atoms with Gasteiger partial charge in [-0.25, -0.2) is 0 Å². The Bertz CT molecular complexity index is 647. The Morgan fingerprint density at radius 3 is 3.00 bits per heavy atom. The number of rotatable bonds is 3. The molecule has 6 nitrogen and oxygen atoms in total. The molecule has 0 radical (unpaired) electrons. The zero-order valence-electron chi connectivity index (χ0n) is 13.5. The van der Waals surface area contributed by atoms with Crippen molar-refractivity contribution in [1.29, 1.82) is 0 Å². The molecule has 0 saturated carbocycles. The van der Waals surface area contributed by atoms with E-state index in [4.69, 9.17) is 17.0 Å².